The fourth-order valence-corrected chi connectivity index (χ4v) is 6.46. The molecular weight excluding hydrogens is 530 g/mol. The van der Waals surface area contributed by atoms with Gasteiger partial charge in [0, 0.05) is 31.9 Å². The second kappa shape index (κ2) is 11.6. The van der Waals surface area contributed by atoms with Gasteiger partial charge in [-0.3, -0.25) is 14.6 Å². The van der Waals surface area contributed by atoms with Gasteiger partial charge in [0.25, 0.3) is 21.8 Å². The Bertz CT molecular complexity index is 1380. The summed E-state index contributed by atoms with van der Waals surface area (Å²) in [4.78, 5) is 35.9. The average molecular weight is 560 g/mol. The monoisotopic (exact) mass is 559 g/mol. The molecule has 0 spiro atoms. The molecule has 0 saturated heterocycles. The van der Waals surface area contributed by atoms with Crippen molar-refractivity contribution in [1.29, 1.82) is 0 Å². The van der Waals surface area contributed by atoms with E-state index < -0.39 is 28.1 Å². The molecule has 2 aromatic heterocycles. The van der Waals surface area contributed by atoms with Crippen molar-refractivity contribution >= 4 is 38.9 Å². The molecule has 202 valence electrons. The van der Waals surface area contributed by atoms with Gasteiger partial charge in [0.05, 0.1) is 36.6 Å². The van der Waals surface area contributed by atoms with Crippen LogP contribution in [-0.4, -0.2) is 83.4 Å². The fourth-order valence-electron chi connectivity index (χ4n) is 4.08. The summed E-state index contributed by atoms with van der Waals surface area (Å²) in [5, 5.41) is 14.3. The Kier molecular flexibility index (Phi) is 8.41. The van der Waals surface area contributed by atoms with E-state index in [9.17, 15) is 23.1 Å². The van der Waals surface area contributed by atoms with Crippen molar-refractivity contribution in [2.75, 3.05) is 32.1 Å². The third-order valence-corrected chi connectivity index (χ3v) is 9.53. The first kappa shape index (κ1) is 27.6. The number of sulfonamides is 1. The van der Waals surface area contributed by atoms with Crippen LogP contribution in [0, 0.1) is 5.92 Å². The van der Waals surface area contributed by atoms with E-state index in [2.05, 4.69) is 15.3 Å². The molecule has 2 N–H and O–H groups in total. The number of nitrogens with zero attached hydrogens (tertiary/aromatic N) is 4. The summed E-state index contributed by atoms with van der Waals surface area (Å²) >= 11 is 1.12. The van der Waals surface area contributed by atoms with Gasteiger partial charge in [-0.2, -0.15) is 4.31 Å². The Labute approximate surface area is 225 Å². The molecule has 2 amide bonds. The minimum Gasteiger partial charge on any atom is -0.486 e. The maximum Gasteiger partial charge on any atom is 0.275 e. The number of carbonyl (C=O) groups is 2. The normalized spacial score (nSPS) is 18.8. The predicted octanol–water partition coefficient (Wildman–Crippen LogP) is 2.33. The number of aliphatic hydroxyl groups is 1. The number of hydrogen-bond acceptors (Lipinski definition) is 9. The van der Waals surface area contributed by atoms with E-state index in [1.165, 1.54) is 36.0 Å². The first-order chi connectivity index (χ1) is 18.1. The van der Waals surface area contributed by atoms with Gasteiger partial charge in [-0.05, 0) is 30.5 Å². The van der Waals surface area contributed by atoms with E-state index in [1.807, 2.05) is 6.92 Å². The second-order valence-electron chi connectivity index (χ2n) is 9.07. The Morgan fingerprint density at radius 1 is 1.32 bits per heavy atom. The predicted molar refractivity (Wildman–Crippen MR) is 142 cm³/mol. The number of aromatic nitrogens is 2. The van der Waals surface area contributed by atoms with Crippen molar-refractivity contribution in [2.45, 2.75) is 30.2 Å². The lowest BCUT2D eigenvalue weighted by molar-refractivity contribution is 0.0388. The number of thiophene rings is 1. The zero-order chi connectivity index (χ0) is 27.4. The lowest BCUT2D eigenvalue weighted by Gasteiger charge is -2.38. The quantitative estimate of drug-likeness (QED) is 0.428. The molecule has 1 aromatic carbocycles. The van der Waals surface area contributed by atoms with Crippen LogP contribution in [0.3, 0.4) is 0 Å². The summed E-state index contributed by atoms with van der Waals surface area (Å²) in [6.45, 7) is 3.55. The van der Waals surface area contributed by atoms with Crippen molar-refractivity contribution in [3.05, 3.63) is 65.6 Å². The topological polar surface area (TPSA) is 142 Å². The summed E-state index contributed by atoms with van der Waals surface area (Å²) in [6.07, 6.45) is 3.46. The fraction of sp³-hybridized carbons (Fsp3) is 0.360. The smallest absolute Gasteiger partial charge is 0.275 e. The van der Waals surface area contributed by atoms with E-state index >= 15 is 0 Å². The number of anilines is 1. The van der Waals surface area contributed by atoms with Crippen LogP contribution in [0.15, 0.2) is 58.5 Å². The third-order valence-electron chi connectivity index (χ3n) is 6.33. The van der Waals surface area contributed by atoms with Gasteiger partial charge in [-0.25, -0.2) is 13.4 Å². The van der Waals surface area contributed by atoms with E-state index in [-0.39, 0.29) is 58.4 Å². The molecule has 0 unspecified atom stereocenters. The molecule has 0 aliphatic carbocycles. The highest BCUT2D eigenvalue weighted by atomic mass is 32.2. The minimum atomic E-state index is -3.76. The molecule has 3 aromatic rings. The van der Waals surface area contributed by atoms with Crippen LogP contribution in [-0.2, 0) is 10.0 Å². The van der Waals surface area contributed by atoms with Gasteiger partial charge in [0.15, 0.2) is 5.75 Å². The number of fused-ring (bicyclic) bond motifs is 1. The molecule has 0 bridgehead atoms. The maximum absolute atomic E-state index is 13.6. The van der Waals surface area contributed by atoms with Gasteiger partial charge >= 0.3 is 0 Å². The standard InChI is InChI=1S/C25H29N5O6S2/c1-16-13-30(17(2)15-31)25(33)18-6-4-7-19(28-24(32)20-12-26-9-10-27-20)23(18)36-21(16)14-29(3)38(34,35)22-8-5-11-37-22/h4-12,16-17,21,31H,13-15H2,1-3H3,(H,28,32)/t16-,17-,21-/m1/s1. The molecule has 4 rings (SSSR count). The number of aliphatic hydroxyl groups excluding tert-OH is 1. The molecule has 38 heavy (non-hydrogen) atoms. The SMILES string of the molecule is C[C@@H]1CN([C@H](C)CO)C(=O)c2cccc(NC(=O)c3cnccn3)c2O[C@@H]1CN(C)S(=O)(=O)c1cccs1. The van der Waals surface area contributed by atoms with Gasteiger partial charge in [-0.15, -0.1) is 11.3 Å². The highest BCUT2D eigenvalue weighted by molar-refractivity contribution is 7.91. The van der Waals surface area contributed by atoms with Crippen molar-refractivity contribution in [3.63, 3.8) is 0 Å². The number of benzene rings is 1. The van der Waals surface area contributed by atoms with Crippen LogP contribution in [0.2, 0.25) is 0 Å². The van der Waals surface area contributed by atoms with E-state index in [0.29, 0.717) is 0 Å². The molecule has 0 radical (unpaired) electrons. The lowest BCUT2D eigenvalue weighted by Crippen LogP contribution is -2.50. The zero-order valence-electron chi connectivity index (χ0n) is 21.1. The number of amides is 2. The van der Waals surface area contributed by atoms with Crippen molar-refractivity contribution in [2.24, 2.45) is 5.92 Å². The minimum absolute atomic E-state index is 0.0111. The van der Waals surface area contributed by atoms with Crippen molar-refractivity contribution < 1.29 is 27.9 Å². The van der Waals surface area contributed by atoms with Gasteiger partial charge in [0.2, 0.25) is 0 Å². The number of ether oxygens (including phenoxy) is 1. The van der Waals surface area contributed by atoms with Crippen molar-refractivity contribution in [1.82, 2.24) is 19.2 Å². The van der Waals surface area contributed by atoms with Crippen LogP contribution < -0.4 is 10.1 Å². The summed E-state index contributed by atoms with van der Waals surface area (Å²) in [6, 6.07) is 7.49. The first-order valence-corrected chi connectivity index (χ1v) is 14.2. The van der Waals surface area contributed by atoms with Crippen LogP contribution in [0.5, 0.6) is 5.75 Å². The Balaban J connectivity index is 1.73. The summed E-state index contributed by atoms with van der Waals surface area (Å²) < 4.78 is 34.1. The van der Waals surface area contributed by atoms with E-state index in [4.69, 9.17) is 4.74 Å². The Morgan fingerprint density at radius 3 is 2.76 bits per heavy atom. The number of para-hydroxylation sites is 1. The zero-order valence-corrected chi connectivity index (χ0v) is 22.8. The Hall–Kier alpha value is -3.39. The summed E-state index contributed by atoms with van der Waals surface area (Å²) in [5.41, 5.74) is 0.485. The summed E-state index contributed by atoms with van der Waals surface area (Å²) in [7, 11) is -2.28. The van der Waals surface area contributed by atoms with Crippen molar-refractivity contribution in [3.8, 4) is 5.75 Å². The molecule has 11 nitrogen and oxygen atoms in total. The first-order valence-electron chi connectivity index (χ1n) is 11.9. The summed E-state index contributed by atoms with van der Waals surface area (Å²) in [5.74, 6) is -1.14. The molecule has 3 atom stereocenters. The number of likely N-dealkylation sites (N-methyl/N-ethyl adjacent to an activating group) is 1. The van der Waals surface area contributed by atoms with Crippen LogP contribution >= 0.6 is 11.3 Å². The highest BCUT2D eigenvalue weighted by Gasteiger charge is 2.36. The van der Waals surface area contributed by atoms with Gasteiger partial charge < -0.3 is 20.1 Å². The van der Waals surface area contributed by atoms with E-state index in [1.54, 1.807) is 41.5 Å². The molecule has 1 aliphatic heterocycles. The maximum atomic E-state index is 13.6. The Morgan fingerprint density at radius 2 is 2.11 bits per heavy atom. The molecule has 13 heteroatoms. The van der Waals surface area contributed by atoms with Crippen LogP contribution in [0.4, 0.5) is 5.69 Å². The van der Waals surface area contributed by atoms with Gasteiger partial charge in [0.1, 0.15) is 16.0 Å². The van der Waals surface area contributed by atoms with E-state index in [0.717, 1.165) is 11.3 Å². The molecular formula is C25H29N5O6S2. The second-order valence-corrected chi connectivity index (χ2v) is 12.3. The number of hydrogen-bond donors (Lipinski definition) is 2. The molecule has 0 saturated carbocycles. The van der Waals surface area contributed by atoms with Gasteiger partial charge in [-0.1, -0.05) is 19.1 Å². The molecule has 1 aliphatic rings. The number of nitrogens with one attached hydrogen (secondary N) is 1. The largest absolute Gasteiger partial charge is 0.486 e. The lowest BCUT2D eigenvalue weighted by atomic mass is 9.99. The van der Waals surface area contributed by atoms with Crippen LogP contribution in [0.25, 0.3) is 0 Å². The third kappa shape index (κ3) is 5.70. The highest BCUT2D eigenvalue weighted by Crippen LogP contribution is 2.35. The molecule has 0 fully saturated rings. The number of rotatable bonds is 8. The average Bonchev–Trinajstić information content (AvgIpc) is 3.47. The molecule has 3 heterocycles. The number of carbonyl (C=O) groups excluding carboxylic acids is 2. The van der Waals surface area contributed by atoms with Crippen LogP contribution in [0.1, 0.15) is 34.7 Å².